The van der Waals surface area contributed by atoms with E-state index in [1.54, 1.807) is 0 Å². The molecular formula is C24H34FN3O6. The molecule has 2 saturated heterocycles. The third kappa shape index (κ3) is 4.99. The standard InChI is InChI=1S/C24H34FN3O6/c1-14(2)34-22-13-19(29)17(25)12-18(22)27-8-6-26(7-9-27)4-3-5-28-23(32)15-10-20(30)21(31)11-16(15)24(28)33/h12-16,20-21,29-31H,3-11H2,1-2H3. The lowest BCUT2D eigenvalue weighted by Crippen LogP contribution is -2.47. The van der Waals surface area contributed by atoms with Crippen molar-refractivity contribution in [3.63, 3.8) is 0 Å². The molecule has 2 heterocycles. The van der Waals surface area contributed by atoms with Crippen LogP contribution >= 0.6 is 0 Å². The Morgan fingerprint density at radius 1 is 1.00 bits per heavy atom. The van der Waals surface area contributed by atoms with Crippen LogP contribution in [0.5, 0.6) is 11.5 Å². The number of imide groups is 1. The largest absolute Gasteiger partial charge is 0.505 e. The Hall–Kier alpha value is -2.43. The van der Waals surface area contributed by atoms with Crippen LogP contribution in [0.25, 0.3) is 0 Å². The molecule has 9 nitrogen and oxygen atoms in total. The number of hydrogen-bond donors (Lipinski definition) is 3. The van der Waals surface area contributed by atoms with Crippen LogP contribution in [0.3, 0.4) is 0 Å². The normalized spacial score (nSPS) is 28.1. The summed E-state index contributed by atoms with van der Waals surface area (Å²) >= 11 is 0. The third-order valence-corrected chi connectivity index (χ3v) is 7.05. The molecule has 1 aromatic carbocycles. The van der Waals surface area contributed by atoms with Gasteiger partial charge in [-0.05, 0) is 39.7 Å². The molecule has 2 amide bonds. The second-order valence-electron chi connectivity index (χ2n) is 9.77. The van der Waals surface area contributed by atoms with Crippen molar-refractivity contribution < 1.29 is 34.0 Å². The highest BCUT2D eigenvalue weighted by Gasteiger charge is 2.51. The van der Waals surface area contributed by atoms with Gasteiger partial charge in [0.15, 0.2) is 11.6 Å². The van der Waals surface area contributed by atoms with E-state index in [9.17, 15) is 29.3 Å². The summed E-state index contributed by atoms with van der Waals surface area (Å²) in [6.07, 6.45) is -1.12. The maximum atomic E-state index is 14.0. The number of carbonyl (C=O) groups excluding carboxylic acids is 2. The number of phenolic OH excluding ortho intramolecular Hbond substituents is 1. The van der Waals surface area contributed by atoms with Gasteiger partial charge in [-0.3, -0.25) is 19.4 Å². The molecule has 4 atom stereocenters. The van der Waals surface area contributed by atoms with Crippen LogP contribution in [-0.4, -0.2) is 94.5 Å². The first-order valence-corrected chi connectivity index (χ1v) is 12.0. The topological polar surface area (TPSA) is 114 Å². The zero-order valence-electron chi connectivity index (χ0n) is 19.7. The number of carbonyl (C=O) groups is 2. The Bertz CT molecular complexity index is 892. The molecule has 10 heteroatoms. The molecule has 0 bridgehead atoms. The minimum atomic E-state index is -0.956. The van der Waals surface area contributed by atoms with E-state index in [1.807, 2.05) is 18.7 Å². The Morgan fingerprint density at radius 2 is 1.59 bits per heavy atom. The lowest BCUT2D eigenvalue weighted by molar-refractivity contribution is -0.140. The zero-order valence-corrected chi connectivity index (χ0v) is 19.7. The van der Waals surface area contributed by atoms with Gasteiger partial charge in [0, 0.05) is 44.9 Å². The second kappa shape index (κ2) is 10.1. The van der Waals surface area contributed by atoms with Crippen molar-refractivity contribution >= 4 is 17.5 Å². The Balaban J connectivity index is 1.28. The molecule has 0 spiro atoms. The number of piperazine rings is 1. The quantitative estimate of drug-likeness (QED) is 0.496. The van der Waals surface area contributed by atoms with Crippen molar-refractivity contribution in [1.29, 1.82) is 0 Å². The van der Waals surface area contributed by atoms with Crippen molar-refractivity contribution in [3.05, 3.63) is 17.9 Å². The molecule has 3 N–H and O–H groups in total. The minimum Gasteiger partial charge on any atom is -0.505 e. The number of phenols is 1. The van der Waals surface area contributed by atoms with Crippen molar-refractivity contribution in [2.24, 2.45) is 11.8 Å². The van der Waals surface area contributed by atoms with Gasteiger partial charge in [0.2, 0.25) is 11.8 Å². The van der Waals surface area contributed by atoms with E-state index in [2.05, 4.69) is 4.90 Å². The smallest absolute Gasteiger partial charge is 0.233 e. The van der Waals surface area contributed by atoms with E-state index >= 15 is 0 Å². The number of ether oxygens (including phenoxy) is 1. The summed E-state index contributed by atoms with van der Waals surface area (Å²) in [5, 5.41) is 29.5. The van der Waals surface area contributed by atoms with E-state index < -0.39 is 35.6 Å². The Labute approximate surface area is 198 Å². The Morgan fingerprint density at radius 3 is 2.15 bits per heavy atom. The van der Waals surface area contributed by atoms with Gasteiger partial charge in [-0.1, -0.05) is 0 Å². The monoisotopic (exact) mass is 479 g/mol. The van der Waals surface area contributed by atoms with E-state index in [0.717, 1.165) is 13.1 Å². The molecule has 1 saturated carbocycles. The number of aliphatic hydroxyl groups excluding tert-OH is 2. The van der Waals surface area contributed by atoms with Crippen molar-refractivity contribution in [2.75, 3.05) is 44.2 Å². The van der Waals surface area contributed by atoms with E-state index in [4.69, 9.17) is 4.74 Å². The molecule has 3 fully saturated rings. The molecule has 4 unspecified atom stereocenters. The summed E-state index contributed by atoms with van der Waals surface area (Å²) < 4.78 is 19.8. The molecule has 2 aliphatic heterocycles. The lowest BCUT2D eigenvalue weighted by Gasteiger charge is -2.37. The first-order valence-electron chi connectivity index (χ1n) is 12.0. The average Bonchev–Trinajstić information content (AvgIpc) is 3.01. The number of amides is 2. The maximum absolute atomic E-state index is 14.0. The van der Waals surface area contributed by atoms with Crippen molar-refractivity contribution in [3.8, 4) is 11.5 Å². The summed E-state index contributed by atoms with van der Waals surface area (Å²) in [6.45, 7) is 7.55. The number of halogens is 1. The van der Waals surface area contributed by atoms with Crippen molar-refractivity contribution in [2.45, 2.75) is 51.4 Å². The number of likely N-dealkylation sites (tertiary alicyclic amines) is 1. The molecule has 4 rings (SSSR count). The SMILES string of the molecule is CC(C)Oc1cc(O)c(F)cc1N1CCN(CCCN2C(=O)C3CC(O)C(O)CC3C2=O)CC1. The van der Waals surface area contributed by atoms with Crippen LogP contribution in [0, 0.1) is 17.7 Å². The van der Waals surface area contributed by atoms with Gasteiger partial charge in [-0.2, -0.15) is 0 Å². The number of hydrogen-bond acceptors (Lipinski definition) is 8. The van der Waals surface area contributed by atoms with Crippen LogP contribution in [0.4, 0.5) is 10.1 Å². The highest BCUT2D eigenvalue weighted by molar-refractivity contribution is 6.05. The fourth-order valence-electron chi connectivity index (χ4n) is 5.23. The average molecular weight is 480 g/mol. The fourth-order valence-corrected chi connectivity index (χ4v) is 5.23. The summed E-state index contributed by atoms with van der Waals surface area (Å²) in [6, 6.07) is 2.62. The van der Waals surface area contributed by atoms with Crippen LogP contribution in [0.1, 0.15) is 33.1 Å². The molecule has 1 aliphatic carbocycles. The molecule has 188 valence electrons. The summed E-state index contributed by atoms with van der Waals surface area (Å²) in [7, 11) is 0. The van der Waals surface area contributed by atoms with Gasteiger partial charge in [0.25, 0.3) is 0 Å². The predicted octanol–water partition coefficient (Wildman–Crippen LogP) is 0.947. The maximum Gasteiger partial charge on any atom is 0.233 e. The van der Waals surface area contributed by atoms with Gasteiger partial charge < -0.3 is 25.0 Å². The minimum absolute atomic E-state index is 0.115. The molecule has 0 radical (unpaired) electrons. The molecule has 1 aromatic rings. The van der Waals surface area contributed by atoms with Gasteiger partial charge in [0.05, 0.1) is 35.8 Å². The van der Waals surface area contributed by atoms with E-state index in [-0.39, 0.29) is 30.8 Å². The molecule has 0 aromatic heterocycles. The fraction of sp³-hybridized carbons (Fsp3) is 0.667. The number of benzene rings is 1. The van der Waals surface area contributed by atoms with Crippen LogP contribution in [0.2, 0.25) is 0 Å². The van der Waals surface area contributed by atoms with Crippen LogP contribution in [0.15, 0.2) is 12.1 Å². The molecule has 34 heavy (non-hydrogen) atoms. The summed E-state index contributed by atoms with van der Waals surface area (Å²) in [5.74, 6) is -2.20. The predicted molar refractivity (Wildman–Crippen MR) is 122 cm³/mol. The molecule has 3 aliphatic rings. The highest BCUT2D eigenvalue weighted by Crippen LogP contribution is 2.39. The summed E-state index contributed by atoms with van der Waals surface area (Å²) in [4.78, 5) is 30.9. The van der Waals surface area contributed by atoms with E-state index in [1.165, 1.54) is 17.0 Å². The molecular weight excluding hydrogens is 445 g/mol. The van der Waals surface area contributed by atoms with Crippen LogP contribution < -0.4 is 9.64 Å². The van der Waals surface area contributed by atoms with Gasteiger partial charge in [-0.15, -0.1) is 0 Å². The zero-order chi connectivity index (χ0) is 24.6. The third-order valence-electron chi connectivity index (χ3n) is 7.05. The highest BCUT2D eigenvalue weighted by atomic mass is 19.1. The van der Waals surface area contributed by atoms with Gasteiger partial charge in [-0.25, -0.2) is 4.39 Å². The number of aromatic hydroxyl groups is 1. The number of aliphatic hydroxyl groups is 2. The second-order valence-corrected chi connectivity index (χ2v) is 9.77. The van der Waals surface area contributed by atoms with Crippen molar-refractivity contribution in [1.82, 2.24) is 9.80 Å². The van der Waals surface area contributed by atoms with Gasteiger partial charge >= 0.3 is 0 Å². The first-order chi connectivity index (χ1) is 16.2. The van der Waals surface area contributed by atoms with Gasteiger partial charge in [0.1, 0.15) is 5.75 Å². The lowest BCUT2D eigenvalue weighted by atomic mass is 9.78. The van der Waals surface area contributed by atoms with Crippen LogP contribution in [-0.2, 0) is 9.59 Å². The number of anilines is 1. The first kappa shape index (κ1) is 24.7. The number of rotatable bonds is 7. The number of nitrogens with zero attached hydrogens (tertiary/aromatic N) is 3. The number of fused-ring (bicyclic) bond motifs is 1. The Kier molecular flexibility index (Phi) is 7.30. The summed E-state index contributed by atoms with van der Waals surface area (Å²) in [5.41, 5.74) is 0.615. The van der Waals surface area contributed by atoms with E-state index in [0.29, 0.717) is 44.0 Å².